The topological polar surface area (TPSA) is 32.3 Å². The van der Waals surface area contributed by atoms with Gasteiger partial charge in [0, 0.05) is 41.7 Å². The maximum Gasteiger partial charge on any atom is 0.229 e. The molecule has 1 saturated heterocycles. The van der Waals surface area contributed by atoms with Crippen LogP contribution in [0.25, 0.3) is 0 Å². The highest BCUT2D eigenvalue weighted by molar-refractivity contribution is 7.99. The molecule has 0 atom stereocenters. The van der Waals surface area contributed by atoms with E-state index in [9.17, 15) is 4.79 Å². The molecule has 0 spiro atoms. The van der Waals surface area contributed by atoms with Gasteiger partial charge in [0.15, 0.2) is 0 Å². The lowest BCUT2D eigenvalue weighted by atomic mass is 10.1. The Hall–Kier alpha value is -1.30. The van der Waals surface area contributed by atoms with Crippen LogP contribution in [-0.2, 0) is 17.8 Å². The zero-order valence-corrected chi connectivity index (χ0v) is 15.0. The van der Waals surface area contributed by atoms with E-state index in [0.29, 0.717) is 6.42 Å². The molecule has 1 aromatic carbocycles. The quantitative estimate of drug-likeness (QED) is 0.894. The van der Waals surface area contributed by atoms with E-state index in [1.807, 2.05) is 36.2 Å². The summed E-state index contributed by atoms with van der Waals surface area (Å²) in [7, 11) is 0. The van der Waals surface area contributed by atoms with E-state index in [1.165, 1.54) is 17.1 Å². The van der Waals surface area contributed by atoms with Crippen LogP contribution < -0.4 is 5.32 Å². The maximum atomic E-state index is 12.2. The van der Waals surface area contributed by atoms with Gasteiger partial charge in [-0.2, -0.15) is 11.8 Å². The summed E-state index contributed by atoms with van der Waals surface area (Å²) in [6.45, 7) is 5.31. The Balaban J connectivity index is 1.63. The van der Waals surface area contributed by atoms with Gasteiger partial charge in [-0.1, -0.05) is 18.2 Å². The van der Waals surface area contributed by atoms with E-state index in [2.05, 4.69) is 28.4 Å². The van der Waals surface area contributed by atoms with Crippen LogP contribution in [0.4, 0.5) is 5.69 Å². The summed E-state index contributed by atoms with van der Waals surface area (Å²) in [6.07, 6.45) is 0.449. The third-order valence-corrected chi connectivity index (χ3v) is 5.82. The molecular weight excluding hydrogens is 324 g/mol. The van der Waals surface area contributed by atoms with Gasteiger partial charge in [0.1, 0.15) is 0 Å². The Bertz CT molecular complexity index is 649. The molecule has 1 amide bonds. The summed E-state index contributed by atoms with van der Waals surface area (Å²) in [5.41, 5.74) is 3.33. The molecule has 1 aromatic heterocycles. The fourth-order valence-corrected chi connectivity index (χ4v) is 4.37. The minimum atomic E-state index is 0.0575. The van der Waals surface area contributed by atoms with Crippen LogP contribution in [-0.4, -0.2) is 35.4 Å². The zero-order chi connectivity index (χ0) is 16.1. The van der Waals surface area contributed by atoms with Crippen LogP contribution in [0.5, 0.6) is 0 Å². The molecule has 0 radical (unpaired) electrons. The highest BCUT2D eigenvalue weighted by Gasteiger charge is 2.12. The second-order valence-electron chi connectivity index (χ2n) is 5.84. The third-order valence-electron chi connectivity index (χ3n) is 4.00. The Kier molecular flexibility index (Phi) is 5.75. The van der Waals surface area contributed by atoms with Gasteiger partial charge < -0.3 is 5.32 Å². The van der Waals surface area contributed by atoms with Crippen molar-refractivity contribution in [2.75, 3.05) is 29.9 Å². The van der Waals surface area contributed by atoms with E-state index in [1.54, 1.807) is 11.3 Å². The zero-order valence-electron chi connectivity index (χ0n) is 13.4. The summed E-state index contributed by atoms with van der Waals surface area (Å²) in [5, 5.41) is 5.08. The van der Waals surface area contributed by atoms with Crippen molar-refractivity contribution in [1.29, 1.82) is 0 Å². The monoisotopic (exact) mass is 346 g/mol. The number of carbonyl (C=O) groups excluding carboxylic acids is 1. The number of rotatable bonds is 5. The first-order valence-electron chi connectivity index (χ1n) is 7.92. The second kappa shape index (κ2) is 7.99. The minimum Gasteiger partial charge on any atom is -0.326 e. The minimum absolute atomic E-state index is 0.0575. The smallest absolute Gasteiger partial charge is 0.229 e. The van der Waals surface area contributed by atoms with Gasteiger partial charge >= 0.3 is 0 Å². The van der Waals surface area contributed by atoms with Crippen molar-refractivity contribution in [1.82, 2.24) is 4.90 Å². The van der Waals surface area contributed by atoms with Crippen LogP contribution in [0, 0.1) is 6.92 Å². The molecule has 1 fully saturated rings. The van der Waals surface area contributed by atoms with Gasteiger partial charge in [-0.25, -0.2) is 0 Å². The van der Waals surface area contributed by atoms with E-state index < -0.39 is 0 Å². The first kappa shape index (κ1) is 16.6. The lowest BCUT2D eigenvalue weighted by molar-refractivity contribution is -0.115. The molecule has 1 aliphatic heterocycles. The molecule has 3 nitrogen and oxygen atoms in total. The fraction of sp³-hybridized carbons (Fsp3) is 0.389. The van der Waals surface area contributed by atoms with E-state index >= 15 is 0 Å². The predicted octanol–water partition coefficient (Wildman–Crippen LogP) is 3.79. The molecule has 0 bridgehead atoms. The van der Waals surface area contributed by atoms with Crippen molar-refractivity contribution in [3.8, 4) is 0 Å². The van der Waals surface area contributed by atoms with Crippen molar-refractivity contribution in [3.05, 3.63) is 51.7 Å². The molecule has 122 valence electrons. The predicted molar refractivity (Wildman–Crippen MR) is 100 cm³/mol. The van der Waals surface area contributed by atoms with Gasteiger partial charge in [0.05, 0.1) is 6.42 Å². The Morgan fingerprint density at radius 2 is 2.09 bits per heavy atom. The van der Waals surface area contributed by atoms with Crippen molar-refractivity contribution in [3.63, 3.8) is 0 Å². The standard InChI is InChI=1S/C18H22N2OS2/c1-14-4-5-15(13-20-6-9-22-10-7-20)11-17(14)19-18(21)12-16-3-2-8-23-16/h2-5,8,11H,6-7,9-10,12-13H2,1H3,(H,19,21). The molecule has 2 aromatic rings. The summed E-state index contributed by atoms with van der Waals surface area (Å²) >= 11 is 3.65. The largest absolute Gasteiger partial charge is 0.326 e. The summed E-state index contributed by atoms with van der Waals surface area (Å²) in [4.78, 5) is 15.8. The molecule has 0 saturated carbocycles. The Labute approximate surface area is 146 Å². The molecule has 3 rings (SSSR count). The Morgan fingerprint density at radius 3 is 2.83 bits per heavy atom. The number of hydrogen-bond donors (Lipinski definition) is 1. The number of nitrogens with zero attached hydrogens (tertiary/aromatic N) is 1. The lowest BCUT2D eigenvalue weighted by Gasteiger charge is -2.26. The third kappa shape index (κ3) is 4.83. The number of nitrogens with one attached hydrogen (secondary N) is 1. The summed E-state index contributed by atoms with van der Waals surface area (Å²) in [5.74, 6) is 2.49. The number of aryl methyl sites for hydroxylation is 1. The van der Waals surface area contributed by atoms with Gasteiger partial charge in [-0.15, -0.1) is 11.3 Å². The molecule has 1 N–H and O–H groups in total. The van der Waals surface area contributed by atoms with Crippen LogP contribution in [0.2, 0.25) is 0 Å². The number of carbonyl (C=O) groups is 1. The SMILES string of the molecule is Cc1ccc(CN2CCSCC2)cc1NC(=O)Cc1cccs1. The van der Waals surface area contributed by atoms with Gasteiger partial charge in [-0.05, 0) is 35.6 Å². The molecule has 0 unspecified atom stereocenters. The summed E-state index contributed by atoms with van der Waals surface area (Å²) in [6, 6.07) is 10.4. The average molecular weight is 347 g/mol. The molecule has 23 heavy (non-hydrogen) atoms. The van der Waals surface area contributed by atoms with Crippen molar-refractivity contribution < 1.29 is 4.79 Å². The van der Waals surface area contributed by atoms with Crippen LogP contribution in [0.1, 0.15) is 16.0 Å². The summed E-state index contributed by atoms with van der Waals surface area (Å²) < 4.78 is 0. The molecule has 0 aliphatic carbocycles. The number of benzene rings is 1. The van der Waals surface area contributed by atoms with Crippen molar-refractivity contribution >= 4 is 34.7 Å². The van der Waals surface area contributed by atoms with Gasteiger partial charge in [-0.3, -0.25) is 9.69 Å². The second-order valence-corrected chi connectivity index (χ2v) is 8.10. The van der Waals surface area contributed by atoms with E-state index in [-0.39, 0.29) is 5.91 Å². The van der Waals surface area contributed by atoms with Crippen molar-refractivity contribution in [2.45, 2.75) is 19.9 Å². The molecular formula is C18H22N2OS2. The molecule has 2 heterocycles. The number of thioether (sulfide) groups is 1. The van der Waals surface area contributed by atoms with Crippen LogP contribution in [0.3, 0.4) is 0 Å². The lowest BCUT2D eigenvalue weighted by Crippen LogP contribution is -2.32. The fourth-order valence-electron chi connectivity index (χ4n) is 2.69. The number of hydrogen-bond acceptors (Lipinski definition) is 4. The van der Waals surface area contributed by atoms with E-state index in [4.69, 9.17) is 0 Å². The van der Waals surface area contributed by atoms with E-state index in [0.717, 1.165) is 35.8 Å². The first-order valence-corrected chi connectivity index (χ1v) is 9.96. The average Bonchev–Trinajstić information content (AvgIpc) is 3.04. The number of thiophene rings is 1. The number of anilines is 1. The number of amides is 1. The highest BCUT2D eigenvalue weighted by Crippen LogP contribution is 2.20. The highest BCUT2D eigenvalue weighted by atomic mass is 32.2. The van der Waals surface area contributed by atoms with Gasteiger partial charge in [0.2, 0.25) is 5.91 Å². The van der Waals surface area contributed by atoms with Crippen LogP contribution in [0.15, 0.2) is 35.7 Å². The first-order chi connectivity index (χ1) is 11.2. The Morgan fingerprint density at radius 1 is 1.26 bits per heavy atom. The molecule has 5 heteroatoms. The normalized spacial score (nSPS) is 15.5. The maximum absolute atomic E-state index is 12.2. The van der Waals surface area contributed by atoms with Crippen LogP contribution >= 0.6 is 23.1 Å². The van der Waals surface area contributed by atoms with Gasteiger partial charge in [0.25, 0.3) is 0 Å². The molecule has 1 aliphatic rings. The van der Waals surface area contributed by atoms with Crippen molar-refractivity contribution in [2.24, 2.45) is 0 Å².